The molecule has 0 aliphatic rings. The Balaban J connectivity index is 1.74. The molecule has 0 bridgehead atoms. The van der Waals surface area contributed by atoms with E-state index in [2.05, 4.69) is 20.3 Å². The van der Waals surface area contributed by atoms with E-state index in [4.69, 9.17) is 4.42 Å². The van der Waals surface area contributed by atoms with Gasteiger partial charge >= 0.3 is 5.91 Å². The second kappa shape index (κ2) is 12.3. The predicted molar refractivity (Wildman–Crippen MR) is 135 cm³/mol. The number of halogens is 2. The number of amides is 1. The van der Waals surface area contributed by atoms with E-state index in [1.165, 1.54) is 12.5 Å². The van der Waals surface area contributed by atoms with Crippen molar-refractivity contribution in [3.63, 3.8) is 0 Å². The molecular formula is C25H30F2N4O5S. The Kier molecular flexibility index (Phi) is 9.35. The van der Waals surface area contributed by atoms with Gasteiger partial charge in [-0.15, -0.1) is 0 Å². The minimum absolute atomic E-state index is 0.0601. The zero-order valence-corrected chi connectivity index (χ0v) is 21.5. The fourth-order valence-electron chi connectivity index (χ4n) is 3.72. The fraction of sp³-hybridized carbons (Fsp3) is 0.360. The van der Waals surface area contributed by atoms with Gasteiger partial charge in [0, 0.05) is 19.2 Å². The molecule has 0 aliphatic heterocycles. The summed E-state index contributed by atoms with van der Waals surface area (Å²) in [6.07, 6.45) is 0.554. The molecule has 0 aliphatic carbocycles. The topological polar surface area (TPSA) is 134 Å². The molecule has 4 N–H and O–H groups in total. The van der Waals surface area contributed by atoms with Gasteiger partial charge in [0.05, 0.1) is 18.4 Å². The smallest absolute Gasteiger partial charge is 0.307 e. The first-order valence-corrected chi connectivity index (χ1v) is 13.5. The second-order valence-electron chi connectivity index (χ2n) is 8.74. The van der Waals surface area contributed by atoms with Gasteiger partial charge in [0.25, 0.3) is 5.89 Å². The molecule has 1 amide bonds. The lowest BCUT2D eigenvalue weighted by atomic mass is 10.0. The first-order chi connectivity index (χ1) is 17.4. The highest BCUT2D eigenvalue weighted by atomic mass is 32.2. The van der Waals surface area contributed by atoms with Crippen LogP contribution in [0.25, 0.3) is 0 Å². The van der Waals surface area contributed by atoms with E-state index in [-0.39, 0.29) is 30.1 Å². The number of carbonyl (C=O) groups is 1. The molecule has 0 unspecified atom stereocenters. The fourth-order valence-corrected chi connectivity index (χ4v) is 4.25. The SMILES string of the molecule is CCc1cccc(CNC[C@H](O)[C@H](Cc2cc(F)cc(F)c2)NC(=O)c2nc(C)c(NS(C)(=O)=O)o2)c1. The Morgan fingerprint density at radius 2 is 1.78 bits per heavy atom. The molecule has 0 spiro atoms. The number of aryl methyl sites for hydroxylation is 2. The minimum atomic E-state index is -3.67. The number of hydrogen-bond acceptors (Lipinski definition) is 7. The summed E-state index contributed by atoms with van der Waals surface area (Å²) in [4.78, 5) is 16.8. The Morgan fingerprint density at radius 3 is 2.43 bits per heavy atom. The molecule has 3 rings (SSSR count). The maximum absolute atomic E-state index is 13.8. The van der Waals surface area contributed by atoms with Gasteiger partial charge in [0.2, 0.25) is 15.9 Å². The molecule has 12 heteroatoms. The Bertz CT molecular complexity index is 1330. The number of rotatable bonds is 12. The first-order valence-electron chi connectivity index (χ1n) is 11.6. The Hall–Kier alpha value is -3.35. The standard InChI is InChI=1S/C25H30F2N4O5S/c1-4-16-6-5-7-17(8-16)13-28-14-22(32)21(11-18-9-19(26)12-20(27)10-18)30-23(33)25-29-15(2)24(36-25)31-37(3,34)35/h5-10,12,21-22,28,31-32H,4,11,13-14H2,1-3H3,(H,30,33)/t21-,22-/m0/s1. The number of nitrogens with one attached hydrogen (secondary N) is 3. The van der Waals surface area contributed by atoms with Crippen LogP contribution in [0.1, 0.15) is 40.0 Å². The molecule has 0 saturated carbocycles. The quantitative estimate of drug-likeness (QED) is 0.280. The highest BCUT2D eigenvalue weighted by molar-refractivity contribution is 7.92. The third-order valence-corrected chi connectivity index (χ3v) is 6.07. The van der Waals surface area contributed by atoms with Crippen molar-refractivity contribution in [3.05, 3.63) is 82.4 Å². The normalized spacial score (nSPS) is 13.2. The molecule has 0 radical (unpaired) electrons. The molecule has 1 aromatic heterocycles. The van der Waals surface area contributed by atoms with Crippen molar-refractivity contribution in [2.45, 2.75) is 45.4 Å². The van der Waals surface area contributed by atoms with Crippen molar-refractivity contribution in [1.29, 1.82) is 0 Å². The van der Waals surface area contributed by atoms with E-state index in [1.54, 1.807) is 0 Å². The van der Waals surface area contributed by atoms with Crippen LogP contribution in [-0.2, 0) is 29.4 Å². The number of aromatic nitrogens is 1. The number of aliphatic hydroxyl groups excluding tert-OH is 1. The van der Waals surface area contributed by atoms with E-state index >= 15 is 0 Å². The molecule has 0 saturated heterocycles. The van der Waals surface area contributed by atoms with Crippen LogP contribution in [0, 0.1) is 18.6 Å². The first kappa shape index (κ1) is 28.2. The summed E-state index contributed by atoms with van der Waals surface area (Å²) in [7, 11) is -3.67. The zero-order valence-electron chi connectivity index (χ0n) is 20.7. The minimum Gasteiger partial charge on any atom is -0.415 e. The average Bonchev–Trinajstić information content (AvgIpc) is 3.16. The molecule has 1 heterocycles. The molecule has 37 heavy (non-hydrogen) atoms. The highest BCUT2D eigenvalue weighted by Crippen LogP contribution is 2.18. The Morgan fingerprint density at radius 1 is 1.11 bits per heavy atom. The zero-order chi connectivity index (χ0) is 27.2. The van der Waals surface area contributed by atoms with Crippen LogP contribution in [0.4, 0.5) is 14.7 Å². The molecule has 9 nitrogen and oxygen atoms in total. The summed E-state index contributed by atoms with van der Waals surface area (Å²) in [5.41, 5.74) is 2.54. The van der Waals surface area contributed by atoms with Crippen molar-refractivity contribution >= 4 is 21.8 Å². The summed E-state index contributed by atoms with van der Waals surface area (Å²) in [6.45, 7) is 4.02. The number of sulfonamides is 1. The summed E-state index contributed by atoms with van der Waals surface area (Å²) < 4.78 is 57.9. The highest BCUT2D eigenvalue weighted by Gasteiger charge is 2.26. The maximum atomic E-state index is 13.8. The van der Waals surface area contributed by atoms with E-state index in [9.17, 15) is 27.1 Å². The van der Waals surface area contributed by atoms with Crippen molar-refractivity contribution in [3.8, 4) is 0 Å². The molecule has 2 atom stereocenters. The molecule has 3 aromatic rings. The number of aliphatic hydroxyl groups is 1. The van der Waals surface area contributed by atoms with Crippen LogP contribution in [0.2, 0.25) is 0 Å². The number of hydrogen-bond donors (Lipinski definition) is 4. The molecule has 0 fully saturated rings. The van der Waals surface area contributed by atoms with Crippen molar-refractivity contribution in [2.75, 3.05) is 17.5 Å². The maximum Gasteiger partial charge on any atom is 0.307 e. The lowest BCUT2D eigenvalue weighted by Gasteiger charge is -2.24. The molecule has 200 valence electrons. The average molecular weight is 537 g/mol. The van der Waals surface area contributed by atoms with Crippen LogP contribution < -0.4 is 15.4 Å². The van der Waals surface area contributed by atoms with Crippen molar-refractivity contribution in [1.82, 2.24) is 15.6 Å². The van der Waals surface area contributed by atoms with Gasteiger partial charge in [-0.2, -0.15) is 0 Å². The van der Waals surface area contributed by atoms with Crippen LogP contribution in [0.5, 0.6) is 0 Å². The lowest BCUT2D eigenvalue weighted by Crippen LogP contribution is -2.48. The molecular weight excluding hydrogens is 506 g/mol. The Labute approximate surface area is 214 Å². The third-order valence-electron chi connectivity index (χ3n) is 5.51. The third kappa shape index (κ3) is 8.62. The van der Waals surface area contributed by atoms with E-state index in [0.717, 1.165) is 36.4 Å². The van der Waals surface area contributed by atoms with Crippen molar-refractivity contribution in [2.24, 2.45) is 0 Å². The van der Waals surface area contributed by atoms with E-state index in [0.29, 0.717) is 6.54 Å². The monoisotopic (exact) mass is 536 g/mol. The van der Waals surface area contributed by atoms with E-state index < -0.39 is 45.6 Å². The number of carbonyl (C=O) groups excluding carboxylic acids is 1. The van der Waals surface area contributed by atoms with Gasteiger partial charge < -0.3 is 20.2 Å². The lowest BCUT2D eigenvalue weighted by molar-refractivity contribution is 0.0799. The summed E-state index contributed by atoms with van der Waals surface area (Å²) in [6, 6.07) is 9.92. The number of nitrogens with zero attached hydrogens (tertiary/aromatic N) is 1. The summed E-state index contributed by atoms with van der Waals surface area (Å²) in [5.74, 6) is -3.06. The number of benzene rings is 2. The van der Waals surface area contributed by atoms with Crippen molar-refractivity contribution < 1.29 is 31.5 Å². The summed E-state index contributed by atoms with van der Waals surface area (Å²) >= 11 is 0. The van der Waals surface area contributed by atoms with E-state index in [1.807, 2.05) is 31.2 Å². The van der Waals surface area contributed by atoms with Gasteiger partial charge in [-0.1, -0.05) is 31.2 Å². The second-order valence-corrected chi connectivity index (χ2v) is 10.5. The van der Waals surface area contributed by atoms with Crippen LogP contribution >= 0.6 is 0 Å². The van der Waals surface area contributed by atoms with Gasteiger partial charge in [-0.25, -0.2) is 22.2 Å². The predicted octanol–water partition coefficient (Wildman–Crippen LogP) is 2.69. The van der Waals surface area contributed by atoms with Gasteiger partial charge in [-0.05, 0) is 48.6 Å². The van der Waals surface area contributed by atoms with Gasteiger partial charge in [0.1, 0.15) is 17.3 Å². The number of oxazole rings is 1. The van der Waals surface area contributed by atoms with Gasteiger partial charge in [0.15, 0.2) is 0 Å². The summed E-state index contributed by atoms with van der Waals surface area (Å²) in [5, 5.41) is 16.6. The largest absolute Gasteiger partial charge is 0.415 e. The van der Waals surface area contributed by atoms with Crippen LogP contribution in [-0.4, -0.2) is 49.4 Å². The van der Waals surface area contributed by atoms with Crippen LogP contribution in [0.3, 0.4) is 0 Å². The molecule has 2 aromatic carbocycles. The number of anilines is 1. The van der Waals surface area contributed by atoms with Crippen LogP contribution in [0.15, 0.2) is 46.9 Å². The van der Waals surface area contributed by atoms with Gasteiger partial charge in [-0.3, -0.25) is 9.52 Å².